The molecule has 1 fully saturated rings. The van der Waals surface area contributed by atoms with Crippen molar-refractivity contribution in [1.82, 2.24) is 15.7 Å². The van der Waals surface area contributed by atoms with Crippen molar-refractivity contribution < 1.29 is 33.5 Å². The summed E-state index contributed by atoms with van der Waals surface area (Å²) in [5, 5.41) is 6.62. The van der Waals surface area contributed by atoms with Gasteiger partial charge < -0.3 is 24.9 Å². The average molecular weight is 524 g/mol. The lowest BCUT2D eigenvalue weighted by atomic mass is 9.95. The van der Waals surface area contributed by atoms with Crippen LogP contribution in [0.15, 0.2) is 36.4 Å². The normalized spacial score (nSPS) is 14.8. The monoisotopic (exact) mass is 523 g/mol. The Hall–Kier alpha value is -3.92. The fraction of sp³-hybridized carbons (Fsp3) is 0.429. The van der Waals surface area contributed by atoms with Crippen LogP contribution in [-0.4, -0.2) is 62.0 Å². The number of carbonyl (C=O) groups excluding carboxylic acids is 4. The highest BCUT2D eigenvalue weighted by atomic mass is 16.8. The van der Waals surface area contributed by atoms with Crippen molar-refractivity contribution in [2.24, 2.45) is 0 Å². The number of nitrogens with zero attached hydrogens (tertiary/aromatic N) is 1. The number of hydrogen-bond acceptors (Lipinski definition) is 7. The second-order valence-corrected chi connectivity index (χ2v) is 9.23. The Labute approximate surface area is 221 Å². The summed E-state index contributed by atoms with van der Waals surface area (Å²) in [6.07, 6.45) is 1.35. The Balaban J connectivity index is 1.59. The molecule has 10 heteroatoms. The first kappa shape index (κ1) is 27.1. The molecular formula is C28H33N3O7. The predicted molar refractivity (Wildman–Crippen MR) is 138 cm³/mol. The molecule has 1 aliphatic carbocycles. The lowest BCUT2D eigenvalue weighted by Crippen LogP contribution is -2.34. The fourth-order valence-corrected chi connectivity index (χ4v) is 4.52. The second kappa shape index (κ2) is 12.6. The van der Waals surface area contributed by atoms with E-state index in [2.05, 4.69) is 10.6 Å². The minimum Gasteiger partial charge on any atom is -0.432 e. The van der Waals surface area contributed by atoms with E-state index < -0.39 is 12.1 Å². The van der Waals surface area contributed by atoms with Crippen LogP contribution >= 0.6 is 0 Å². The molecule has 4 rings (SSSR count). The van der Waals surface area contributed by atoms with Gasteiger partial charge in [0.15, 0.2) is 6.73 Å². The van der Waals surface area contributed by atoms with Gasteiger partial charge in [-0.15, -0.1) is 5.06 Å². The molecule has 2 aliphatic rings. The van der Waals surface area contributed by atoms with Crippen LogP contribution in [0.2, 0.25) is 0 Å². The van der Waals surface area contributed by atoms with Gasteiger partial charge in [-0.05, 0) is 65.8 Å². The average Bonchev–Trinajstić information content (AvgIpc) is 3.09. The topological polar surface area (TPSA) is 123 Å². The van der Waals surface area contributed by atoms with Crippen molar-refractivity contribution in [2.75, 3.05) is 33.0 Å². The maximum Gasteiger partial charge on any atom is 0.533 e. The summed E-state index contributed by atoms with van der Waals surface area (Å²) in [4.78, 5) is 55.1. The smallest absolute Gasteiger partial charge is 0.432 e. The van der Waals surface area contributed by atoms with Crippen LogP contribution in [0, 0.1) is 0 Å². The van der Waals surface area contributed by atoms with E-state index in [0.717, 1.165) is 40.2 Å². The molecule has 3 amide bonds. The number of rotatable bonds is 9. The highest BCUT2D eigenvalue weighted by molar-refractivity contribution is 5.98. The van der Waals surface area contributed by atoms with E-state index in [1.54, 1.807) is 24.3 Å². The standard InChI is InChI=1S/C28H33N3O7/c1-3-11-29-26(33)18-7-9-20-21-10-8-19(27(34)30-12-4-2)15-23(21)24(22(20)14-18)16-37-28(35)38-31-17-36-13-5-6-25(31)32/h7-10,14-15,24H,3-6,11-13,16-17H2,1-2H3,(H,29,33)(H,30,34). The molecule has 202 valence electrons. The van der Waals surface area contributed by atoms with Crippen LogP contribution in [-0.2, 0) is 19.1 Å². The van der Waals surface area contributed by atoms with Crippen LogP contribution in [0.1, 0.15) is 77.3 Å². The Morgan fingerprint density at radius 3 is 2.08 bits per heavy atom. The van der Waals surface area contributed by atoms with Gasteiger partial charge >= 0.3 is 6.16 Å². The molecule has 2 N–H and O–H groups in total. The van der Waals surface area contributed by atoms with E-state index in [9.17, 15) is 19.2 Å². The highest BCUT2D eigenvalue weighted by Gasteiger charge is 2.32. The van der Waals surface area contributed by atoms with E-state index >= 15 is 0 Å². The molecule has 1 heterocycles. The van der Waals surface area contributed by atoms with Crippen LogP contribution < -0.4 is 10.6 Å². The third-order valence-electron chi connectivity index (χ3n) is 6.46. The lowest BCUT2D eigenvalue weighted by molar-refractivity contribution is -0.190. The first-order valence-corrected chi connectivity index (χ1v) is 13.0. The number of fused-ring (bicyclic) bond motifs is 3. The zero-order chi connectivity index (χ0) is 27.1. The van der Waals surface area contributed by atoms with Crippen molar-refractivity contribution in [3.05, 3.63) is 58.7 Å². The largest absolute Gasteiger partial charge is 0.533 e. The van der Waals surface area contributed by atoms with E-state index in [-0.39, 0.29) is 37.5 Å². The molecule has 2 aromatic rings. The van der Waals surface area contributed by atoms with Crippen LogP contribution in [0.25, 0.3) is 11.1 Å². The maximum absolute atomic E-state index is 12.7. The number of hydroxylamine groups is 2. The molecule has 0 bridgehead atoms. The zero-order valence-corrected chi connectivity index (χ0v) is 21.7. The number of amides is 3. The third kappa shape index (κ3) is 6.13. The molecule has 0 atom stereocenters. The maximum atomic E-state index is 12.7. The van der Waals surface area contributed by atoms with Gasteiger partial charge in [0, 0.05) is 43.2 Å². The fourth-order valence-electron chi connectivity index (χ4n) is 4.52. The van der Waals surface area contributed by atoms with Gasteiger partial charge in [-0.1, -0.05) is 26.0 Å². The van der Waals surface area contributed by atoms with E-state index in [1.165, 1.54) is 0 Å². The second-order valence-electron chi connectivity index (χ2n) is 9.23. The van der Waals surface area contributed by atoms with Gasteiger partial charge in [-0.3, -0.25) is 14.4 Å². The minimum atomic E-state index is -1.03. The molecule has 2 aromatic carbocycles. The van der Waals surface area contributed by atoms with Crippen molar-refractivity contribution in [3.63, 3.8) is 0 Å². The predicted octanol–water partition coefficient (Wildman–Crippen LogP) is 3.74. The molecule has 1 saturated heterocycles. The summed E-state index contributed by atoms with van der Waals surface area (Å²) in [6.45, 7) is 5.21. The molecular weight excluding hydrogens is 490 g/mol. The molecule has 0 unspecified atom stereocenters. The number of hydrogen-bond donors (Lipinski definition) is 2. The first-order valence-electron chi connectivity index (χ1n) is 13.0. The third-order valence-corrected chi connectivity index (χ3v) is 6.46. The van der Waals surface area contributed by atoms with Gasteiger partial charge in [-0.25, -0.2) is 4.79 Å². The number of benzene rings is 2. The number of nitrogens with one attached hydrogen (secondary N) is 2. The quantitative estimate of drug-likeness (QED) is 0.480. The van der Waals surface area contributed by atoms with Gasteiger partial charge in [-0.2, -0.15) is 0 Å². The molecule has 10 nitrogen and oxygen atoms in total. The molecule has 0 aromatic heterocycles. The van der Waals surface area contributed by atoms with E-state index in [0.29, 0.717) is 37.2 Å². The van der Waals surface area contributed by atoms with Gasteiger partial charge in [0.05, 0.1) is 0 Å². The van der Waals surface area contributed by atoms with Gasteiger partial charge in [0.25, 0.3) is 17.7 Å². The number of ether oxygens (including phenoxy) is 2. The van der Waals surface area contributed by atoms with Crippen molar-refractivity contribution in [3.8, 4) is 11.1 Å². The Bertz CT molecular complexity index is 1140. The molecule has 0 radical (unpaired) electrons. The van der Waals surface area contributed by atoms with Crippen molar-refractivity contribution in [1.29, 1.82) is 0 Å². The summed E-state index contributed by atoms with van der Waals surface area (Å²) in [5.41, 5.74) is 4.38. The minimum absolute atomic E-state index is 0.109. The first-order chi connectivity index (χ1) is 18.4. The van der Waals surface area contributed by atoms with E-state index in [4.69, 9.17) is 14.3 Å². The lowest BCUT2D eigenvalue weighted by Gasteiger charge is -2.19. The Kier molecular flexibility index (Phi) is 8.96. The summed E-state index contributed by atoms with van der Waals surface area (Å²) in [7, 11) is 0. The molecule has 0 spiro atoms. The SMILES string of the molecule is CCCNC(=O)c1ccc2c(c1)C(COC(=O)ON1COCCCC1=O)c1cc(C(=O)NCCC)ccc1-2. The highest BCUT2D eigenvalue weighted by Crippen LogP contribution is 2.45. The Morgan fingerprint density at radius 2 is 1.53 bits per heavy atom. The van der Waals surface area contributed by atoms with Crippen LogP contribution in [0.5, 0.6) is 0 Å². The Morgan fingerprint density at radius 1 is 0.947 bits per heavy atom. The zero-order valence-electron chi connectivity index (χ0n) is 21.7. The molecule has 1 aliphatic heterocycles. The van der Waals surface area contributed by atoms with E-state index in [1.807, 2.05) is 26.0 Å². The summed E-state index contributed by atoms with van der Waals surface area (Å²) in [5.74, 6) is -1.18. The van der Waals surface area contributed by atoms with Crippen LogP contribution in [0.4, 0.5) is 4.79 Å². The van der Waals surface area contributed by atoms with Gasteiger partial charge in [0.2, 0.25) is 0 Å². The molecule has 38 heavy (non-hydrogen) atoms. The summed E-state index contributed by atoms with van der Waals surface area (Å²) in [6, 6.07) is 10.9. The number of carbonyl (C=O) groups is 4. The van der Waals surface area contributed by atoms with Crippen LogP contribution in [0.3, 0.4) is 0 Å². The van der Waals surface area contributed by atoms with Crippen molar-refractivity contribution >= 4 is 23.9 Å². The van der Waals surface area contributed by atoms with Crippen molar-refractivity contribution in [2.45, 2.75) is 45.4 Å². The van der Waals surface area contributed by atoms with Gasteiger partial charge in [0.1, 0.15) is 6.61 Å². The summed E-state index contributed by atoms with van der Waals surface area (Å²) >= 11 is 0. The summed E-state index contributed by atoms with van der Waals surface area (Å²) < 4.78 is 10.7. The molecule has 0 saturated carbocycles.